The van der Waals surface area contributed by atoms with Crippen molar-refractivity contribution >= 4 is 87.4 Å². The summed E-state index contributed by atoms with van der Waals surface area (Å²) in [6, 6.07) is -0.727. The van der Waals surface area contributed by atoms with Gasteiger partial charge < -0.3 is 15.3 Å². The average molecular weight is 504 g/mol. The fourth-order valence-corrected chi connectivity index (χ4v) is 5.82. The monoisotopic (exact) mass is 502 g/mol. The van der Waals surface area contributed by atoms with Crippen molar-refractivity contribution in [3.8, 4) is 0 Å². The molecule has 14 heteroatoms. The van der Waals surface area contributed by atoms with Crippen LogP contribution < -0.4 is 5.32 Å². The molecule has 8 nitrogen and oxygen atoms in total. The van der Waals surface area contributed by atoms with Crippen LogP contribution in [0.25, 0.3) is 0 Å². The lowest BCUT2D eigenvalue weighted by molar-refractivity contribution is -0.144. The molecular weight excluding hydrogens is 491 g/mol. The first-order valence-corrected chi connectivity index (χ1v) is 11.8. The van der Waals surface area contributed by atoms with E-state index in [0.29, 0.717) is 10.8 Å². The Hall–Kier alpha value is -0.720. The number of carboxylic acids is 1. The van der Waals surface area contributed by atoms with E-state index < -0.39 is 26.4 Å². The van der Waals surface area contributed by atoms with Gasteiger partial charge in [0.25, 0.3) is 5.91 Å². The van der Waals surface area contributed by atoms with Gasteiger partial charge in [-0.1, -0.05) is 57.9 Å². The summed E-state index contributed by atoms with van der Waals surface area (Å²) in [5.74, 6) is -1.70. The molecule has 0 radical (unpaired) electrons. The molecular formula is C14H13Cl3N4O4S3. The zero-order chi connectivity index (χ0) is 20.5. The number of fused-ring (bicyclic) bond motifs is 1. The highest BCUT2D eigenvalue weighted by Crippen LogP contribution is 2.44. The second-order valence-electron chi connectivity index (χ2n) is 5.84. The molecule has 2 aliphatic heterocycles. The Labute approximate surface area is 187 Å². The van der Waals surface area contributed by atoms with Crippen LogP contribution in [0.2, 0.25) is 0 Å². The third kappa shape index (κ3) is 5.25. The van der Waals surface area contributed by atoms with Crippen LogP contribution in [0.1, 0.15) is 12.8 Å². The minimum atomic E-state index is -1.49. The summed E-state index contributed by atoms with van der Waals surface area (Å²) < 4.78 is -0.837. The number of aliphatic carboxylic acids is 1. The number of thioether (sulfide) groups is 2. The summed E-state index contributed by atoms with van der Waals surface area (Å²) in [6.07, 6.45) is 1.79. The number of hydrogen-bond acceptors (Lipinski definition) is 8. The summed E-state index contributed by atoms with van der Waals surface area (Å²) in [4.78, 5) is 37.3. The molecule has 1 aromatic heterocycles. The standard InChI is InChI=1S/C14H13Cl3N4O4S3/c15-14(16,17)2-1-7-6(12(24)25)3-21-10(23)9(11(21)28-7)19-8(22)4-26-13-20-18-5-27-13/h3,5,7,9,11H,1-2,4H2,(H,19,22)(H,24,25)/t7?,9?,11-/m1/s1. The number of hydrogen-bond donors (Lipinski definition) is 2. The summed E-state index contributed by atoms with van der Waals surface area (Å²) in [5, 5.41) is 18.8. The van der Waals surface area contributed by atoms with Gasteiger partial charge in [-0.3, -0.25) is 9.59 Å². The van der Waals surface area contributed by atoms with Gasteiger partial charge in [0.1, 0.15) is 16.9 Å². The normalized spacial score (nSPS) is 24.2. The molecule has 3 atom stereocenters. The third-order valence-corrected chi connectivity index (χ3v) is 7.95. The number of rotatable bonds is 7. The highest BCUT2D eigenvalue weighted by atomic mass is 35.6. The molecule has 3 rings (SSSR count). The Morgan fingerprint density at radius 1 is 1.39 bits per heavy atom. The van der Waals surface area contributed by atoms with E-state index in [4.69, 9.17) is 34.8 Å². The summed E-state index contributed by atoms with van der Waals surface area (Å²) >= 11 is 21.1. The van der Waals surface area contributed by atoms with Gasteiger partial charge in [-0.05, 0) is 12.8 Å². The van der Waals surface area contributed by atoms with Crippen molar-refractivity contribution in [3.05, 3.63) is 17.3 Å². The fraction of sp³-hybridized carbons (Fsp3) is 0.500. The number of nitrogens with zero attached hydrogens (tertiary/aromatic N) is 3. The number of alkyl halides is 3. The second-order valence-corrected chi connectivity index (χ2v) is 11.7. The number of carbonyl (C=O) groups is 3. The van der Waals surface area contributed by atoms with E-state index in [1.165, 1.54) is 46.0 Å². The highest BCUT2D eigenvalue weighted by molar-refractivity contribution is 8.01. The smallest absolute Gasteiger partial charge is 0.334 e. The molecule has 0 bridgehead atoms. The van der Waals surface area contributed by atoms with Crippen molar-refractivity contribution in [1.29, 1.82) is 0 Å². The number of halogens is 3. The Morgan fingerprint density at radius 3 is 2.75 bits per heavy atom. The Balaban J connectivity index is 1.62. The lowest BCUT2D eigenvalue weighted by atomic mass is 10.0. The van der Waals surface area contributed by atoms with Gasteiger partial charge in [0.2, 0.25) is 5.91 Å². The van der Waals surface area contributed by atoms with Crippen LogP contribution in [0.4, 0.5) is 0 Å². The largest absolute Gasteiger partial charge is 0.478 e. The average Bonchev–Trinajstić information content (AvgIpc) is 3.14. The molecule has 2 amide bonds. The maximum absolute atomic E-state index is 12.3. The van der Waals surface area contributed by atoms with E-state index in [1.807, 2.05) is 0 Å². The van der Waals surface area contributed by atoms with E-state index >= 15 is 0 Å². The van der Waals surface area contributed by atoms with Crippen LogP contribution in [-0.4, -0.2) is 64.2 Å². The first kappa shape index (κ1) is 22.0. The first-order chi connectivity index (χ1) is 13.2. The number of nitrogens with one attached hydrogen (secondary N) is 1. The molecule has 0 saturated carbocycles. The number of carbonyl (C=O) groups excluding carboxylic acids is 2. The lowest BCUT2D eigenvalue weighted by Crippen LogP contribution is -2.69. The summed E-state index contributed by atoms with van der Waals surface area (Å²) in [7, 11) is 0. The van der Waals surface area contributed by atoms with Gasteiger partial charge in [-0.2, -0.15) is 0 Å². The number of carboxylic acid groups (broad SMARTS) is 1. The quantitative estimate of drug-likeness (QED) is 0.332. The van der Waals surface area contributed by atoms with Crippen molar-refractivity contribution < 1.29 is 19.5 Å². The molecule has 0 aliphatic carbocycles. The zero-order valence-electron chi connectivity index (χ0n) is 13.9. The molecule has 152 valence electrons. The van der Waals surface area contributed by atoms with Crippen LogP contribution in [0, 0.1) is 0 Å². The minimum absolute atomic E-state index is 0.0699. The van der Waals surface area contributed by atoms with Gasteiger partial charge in [0, 0.05) is 11.4 Å². The van der Waals surface area contributed by atoms with Crippen molar-refractivity contribution in [2.45, 2.75) is 37.6 Å². The van der Waals surface area contributed by atoms with Gasteiger partial charge in [0.15, 0.2) is 8.13 Å². The number of β-lactam (4-membered cyclic amide) rings is 1. The van der Waals surface area contributed by atoms with Crippen LogP contribution in [0.15, 0.2) is 21.6 Å². The molecule has 2 aliphatic rings. The maximum atomic E-state index is 12.3. The number of aromatic nitrogens is 2. The first-order valence-electron chi connectivity index (χ1n) is 7.83. The predicted molar refractivity (Wildman–Crippen MR) is 110 cm³/mol. The topological polar surface area (TPSA) is 112 Å². The van der Waals surface area contributed by atoms with Crippen LogP contribution in [-0.2, 0) is 14.4 Å². The zero-order valence-corrected chi connectivity index (χ0v) is 18.6. The second kappa shape index (κ2) is 8.97. The molecule has 2 unspecified atom stereocenters. The fourth-order valence-electron chi connectivity index (χ4n) is 2.65. The minimum Gasteiger partial charge on any atom is -0.478 e. The van der Waals surface area contributed by atoms with Crippen LogP contribution in [0.3, 0.4) is 0 Å². The molecule has 3 heterocycles. The molecule has 0 aromatic carbocycles. The Kier molecular flexibility index (Phi) is 7.04. The van der Waals surface area contributed by atoms with Crippen LogP contribution in [0.5, 0.6) is 0 Å². The van der Waals surface area contributed by atoms with Crippen molar-refractivity contribution in [3.63, 3.8) is 0 Å². The molecule has 0 spiro atoms. The predicted octanol–water partition coefficient (Wildman–Crippen LogP) is 2.52. The Morgan fingerprint density at radius 2 is 2.14 bits per heavy atom. The van der Waals surface area contributed by atoms with Gasteiger partial charge >= 0.3 is 5.97 Å². The highest BCUT2D eigenvalue weighted by Gasteiger charge is 2.52. The maximum Gasteiger partial charge on any atom is 0.334 e. The third-order valence-electron chi connectivity index (χ3n) is 3.93. The molecule has 1 aromatic rings. The molecule has 2 N–H and O–H groups in total. The summed E-state index contributed by atoms with van der Waals surface area (Å²) in [6.45, 7) is 0. The lowest BCUT2D eigenvalue weighted by Gasteiger charge is -2.49. The van der Waals surface area contributed by atoms with Crippen molar-refractivity contribution in [2.24, 2.45) is 0 Å². The van der Waals surface area contributed by atoms with E-state index in [9.17, 15) is 19.5 Å². The van der Waals surface area contributed by atoms with E-state index in [2.05, 4.69) is 15.5 Å². The summed E-state index contributed by atoms with van der Waals surface area (Å²) in [5.41, 5.74) is 1.64. The van der Waals surface area contributed by atoms with E-state index in [1.54, 1.807) is 5.51 Å². The molecule has 1 fully saturated rings. The number of amides is 2. The van der Waals surface area contributed by atoms with E-state index in [0.717, 1.165) is 0 Å². The van der Waals surface area contributed by atoms with Gasteiger partial charge in [-0.25, -0.2) is 4.79 Å². The van der Waals surface area contributed by atoms with Crippen molar-refractivity contribution in [1.82, 2.24) is 20.4 Å². The molecule has 1 saturated heterocycles. The van der Waals surface area contributed by atoms with E-state index in [-0.39, 0.29) is 29.6 Å². The van der Waals surface area contributed by atoms with Gasteiger partial charge in [-0.15, -0.1) is 22.0 Å². The molecule has 28 heavy (non-hydrogen) atoms. The van der Waals surface area contributed by atoms with Crippen LogP contribution >= 0.6 is 69.7 Å². The SMILES string of the molecule is O=C(CSc1nncs1)NC1C(=O)N2C=C(C(=O)O)C(CCC(Cl)(Cl)Cl)S[C@H]12. The van der Waals surface area contributed by atoms with Gasteiger partial charge in [0.05, 0.1) is 11.3 Å². The van der Waals surface area contributed by atoms with Crippen molar-refractivity contribution in [2.75, 3.05) is 5.75 Å². The Bertz CT molecular complexity index is 802.